The van der Waals surface area contributed by atoms with Crippen LogP contribution in [0.4, 0.5) is 11.4 Å². The van der Waals surface area contributed by atoms with E-state index >= 15 is 0 Å². The summed E-state index contributed by atoms with van der Waals surface area (Å²) in [6.45, 7) is 1.71. The van der Waals surface area contributed by atoms with Gasteiger partial charge in [0.15, 0.2) is 5.75 Å². The molecule has 0 unspecified atom stereocenters. The summed E-state index contributed by atoms with van der Waals surface area (Å²) in [6.07, 6.45) is 0. The Kier molecular flexibility index (Phi) is 4.80. The lowest BCUT2D eigenvalue weighted by Gasteiger charge is -2.09. The van der Waals surface area contributed by atoms with E-state index in [9.17, 15) is 13.2 Å². The van der Waals surface area contributed by atoms with Gasteiger partial charge in [-0.2, -0.15) is 0 Å². The molecule has 18 heavy (non-hydrogen) atoms. The second-order valence-corrected chi connectivity index (χ2v) is 5.53. The highest BCUT2D eigenvalue weighted by Crippen LogP contribution is 2.25. The molecule has 0 aromatic heterocycles. The minimum absolute atomic E-state index is 0.118. The third kappa shape index (κ3) is 4.42. The Morgan fingerprint density at radius 1 is 1.50 bits per heavy atom. The van der Waals surface area contributed by atoms with Crippen molar-refractivity contribution in [3.63, 3.8) is 0 Å². The number of rotatable bonds is 5. The van der Waals surface area contributed by atoms with E-state index in [1.165, 1.54) is 18.2 Å². The number of nitrogen functional groups attached to an aromatic ring is 1. The Balaban J connectivity index is 2.82. The molecule has 6 nitrogen and oxygen atoms in total. The number of benzene rings is 1. The lowest BCUT2D eigenvalue weighted by Crippen LogP contribution is -2.24. The molecule has 0 spiro atoms. The van der Waals surface area contributed by atoms with Crippen molar-refractivity contribution in [1.29, 1.82) is 0 Å². The summed E-state index contributed by atoms with van der Waals surface area (Å²) in [5, 5.41) is 0.191. The topological polar surface area (TPSA) is 98.5 Å². The van der Waals surface area contributed by atoms with Crippen LogP contribution < -0.4 is 10.5 Å². The molecule has 0 heterocycles. The fourth-order valence-electron chi connectivity index (χ4n) is 1.18. The molecule has 0 fully saturated rings. The zero-order valence-corrected chi connectivity index (χ0v) is 11.2. The summed E-state index contributed by atoms with van der Waals surface area (Å²) in [7, 11) is -3.86. The third-order valence-electron chi connectivity index (χ3n) is 1.87. The van der Waals surface area contributed by atoms with E-state index in [0.717, 1.165) is 0 Å². The van der Waals surface area contributed by atoms with Crippen molar-refractivity contribution in [2.24, 2.45) is 0 Å². The first-order valence-electron chi connectivity index (χ1n) is 5.05. The molecule has 0 aliphatic carbocycles. The largest absolute Gasteiger partial charge is 0.465 e. The van der Waals surface area contributed by atoms with Crippen LogP contribution in [0.15, 0.2) is 18.2 Å². The maximum Gasteiger partial charge on any atom is 0.323 e. The van der Waals surface area contributed by atoms with Gasteiger partial charge in [-0.25, -0.2) is 8.42 Å². The lowest BCUT2D eigenvalue weighted by molar-refractivity contribution is -0.139. The highest BCUT2D eigenvalue weighted by Gasteiger charge is 2.18. The molecule has 0 saturated heterocycles. The number of nitrogens with one attached hydrogen (secondary N) is 1. The summed E-state index contributed by atoms with van der Waals surface area (Å²) in [4.78, 5) is 11.1. The van der Waals surface area contributed by atoms with Crippen LogP contribution in [0.25, 0.3) is 0 Å². The summed E-state index contributed by atoms with van der Waals surface area (Å²) >= 11 is 5.80. The van der Waals surface area contributed by atoms with Crippen LogP contribution >= 0.6 is 11.6 Å². The summed E-state index contributed by atoms with van der Waals surface area (Å²) < 4.78 is 30.0. The SMILES string of the molecule is CCOC(=O)CS(=O)(=O)Nc1cc(N)ccc1Cl. The summed E-state index contributed by atoms with van der Waals surface area (Å²) in [6, 6.07) is 4.36. The molecule has 0 atom stereocenters. The van der Waals surface area contributed by atoms with Crippen LogP contribution in [0.1, 0.15) is 6.92 Å². The summed E-state index contributed by atoms with van der Waals surface area (Å²) in [5.41, 5.74) is 5.99. The Bertz CT molecular complexity index is 545. The van der Waals surface area contributed by atoms with Gasteiger partial charge < -0.3 is 10.5 Å². The van der Waals surface area contributed by atoms with Crippen molar-refractivity contribution >= 4 is 39.0 Å². The fourth-order valence-corrected chi connectivity index (χ4v) is 2.37. The number of carbonyl (C=O) groups excluding carboxylic acids is 1. The van der Waals surface area contributed by atoms with Gasteiger partial charge in [-0.05, 0) is 25.1 Å². The Morgan fingerprint density at radius 3 is 2.78 bits per heavy atom. The van der Waals surface area contributed by atoms with Crippen molar-refractivity contribution in [1.82, 2.24) is 0 Å². The Hall–Kier alpha value is -1.47. The van der Waals surface area contributed by atoms with Crippen LogP contribution in [0, 0.1) is 0 Å². The molecule has 0 aliphatic heterocycles. The Morgan fingerprint density at radius 2 is 2.17 bits per heavy atom. The van der Waals surface area contributed by atoms with Gasteiger partial charge in [-0.15, -0.1) is 0 Å². The molecular weight excluding hydrogens is 280 g/mol. The number of hydrogen-bond donors (Lipinski definition) is 2. The Labute approximate surface area is 110 Å². The van der Waals surface area contributed by atoms with Gasteiger partial charge in [0.2, 0.25) is 10.0 Å². The van der Waals surface area contributed by atoms with E-state index in [1.807, 2.05) is 0 Å². The highest BCUT2D eigenvalue weighted by molar-refractivity contribution is 7.93. The first-order valence-corrected chi connectivity index (χ1v) is 7.08. The second kappa shape index (κ2) is 5.92. The van der Waals surface area contributed by atoms with Crippen molar-refractivity contribution in [3.8, 4) is 0 Å². The molecular formula is C10H13ClN2O4S. The van der Waals surface area contributed by atoms with E-state index in [-0.39, 0.29) is 17.3 Å². The average Bonchev–Trinajstić information content (AvgIpc) is 2.22. The van der Waals surface area contributed by atoms with E-state index in [0.29, 0.717) is 5.69 Å². The number of anilines is 2. The van der Waals surface area contributed by atoms with Crippen molar-refractivity contribution in [2.45, 2.75) is 6.92 Å². The van der Waals surface area contributed by atoms with Gasteiger partial charge in [0.25, 0.3) is 0 Å². The maximum absolute atomic E-state index is 11.6. The normalized spacial score (nSPS) is 11.0. The number of sulfonamides is 1. The third-order valence-corrected chi connectivity index (χ3v) is 3.35. The van der Waals surface area contributed by atoms with Crippen LogP contribution in [-0.2, 0) is 19.6 Å². The van der Waals surface area contributed by atoms with Gasteiger partial charge in [0, 0.05) is 5.69 Å². The minimum atomic E-state index is -3.86. The van der Waals surface area contributed by atoms with E-state index in [4.69, 9.17) is 17.3 Å². The smallest absolute Gasteiger partial charge is 0.323 e. The second-order valence-electron chi connectivity index (χ2n) is 3.41. The number of esters is 1. The molecule has 0 radical (unpaired) electrons. The quantitative estimate of drug-likeness (QED) is 0.628. The van der Waals surface area contributed by atoms with Crippen LogP contribution in [0.2, 0.25) is 5.02 Å². The number of hydrogen-bond acceptors (Lipinski definition) is 5. The fraction of sp³-hybridized carbons (Fsp3) is 0.300. The molecule has 8 heteroatoms. The van der Waals surface area contributed by atoms with Crippen LogP contribution in [0.3, 0.4) is 0 Å². The predicted octanol–water partition coefficient (Wildman–Crippen LogP) is 1.23. The average molecular weight is 293 g/mol. The predicted molar refractivity (Wildman–Crippen MR) is 69.9 cm³/mol. The zero-order valence-electron chi connectivity index (χ0n) is 9.64. The van der Waals surface area contributed by atoms with Gasteiger partial charge in [0.05, 0.1) is 17.3 Å². The summed E-state index contributed by atoms with van der Waals surface area (Å²) in [5.74, 6) is -1.60. The van der Waals surface area contributed by atoms with Crippen LogP contribution in [-0.4, -0.2) is 26.7 Å². The zero-order chi connectivity index (χ0) is 13.8. The van der Waals surface area contributed by atoms with E-state index in [1.54, 1.807) is 6.92 Å². The van der Waals surface area contributed by atoms with Gasteiger partial charge in [0.1, 0.15) is 0 Å². The maximum atomic E-state index is 11.6. The monoisotopic (exact) mass is 292 g/mol. The standard InChI is InChI=1S/C10H13ClN2O4S/c1-2-17-10(14)6-18(15,16)13-9-5-7(12)3-4-8(9)11/h3-5,13H,2,6,12H2,1H3. The van der Waals surface area contributed by atoms with E-state index < -0.39 is 21.7 Å². The molecule has 1 rings (SSSR count). The van der Waals surface area contributed by atoms with Crippen molar-refractivity contribution in [2.75, 3.05) is 22.8 Å². The first kappa shape index (κ1) is 14.6. The number of ether oxygens (including phenoxy) is 1. The van der Waals surface area contributed by atoms with Gasteiger partial charge in [-0.1, -0.05) is 11.6 Å². The lowest BCUT2D eigenvalue weighted by atomic mass is 10.3. The van der Waals surface area contributed by atoms with Gasteiger partial charge >= 0.3 is 5.97 Å². The van der Waals surface area contributed by atoms with Gasteiger partial charge in [-0.3, -0.25) is 9.52 Å². The number of nitrogens with two attached hydrogens (primary N) is 1. The molecule has 0 aliphatic rings. The molecule has 0 amide bonds. The molecule has 3 N–H and O–H groups in total. The van der Waals surface area contributed by atoms with E-state index in [2.05, 4.69) is 9.46 Å². The molecule has 0 saturated carbocycles. The molecule has 100 valence electrons. The number of carbonyl (C=O) groups is 1. The van der Waals surface area contributed by atoms with Crippen molar-refractivity contribution < 1.29 is 17.9 Å². The highest BCUT2D eigenvalue weighted by atomic mass is 35.5. The van der Waals surface area contributed by atoms with Crippen LogP contribution in [0.5, 0.6) is 0 Å². The first-order chi connectivity index (χ1) is 8.34. The molecule has 0 bridgehead atoms. The van der Waals surface area contributed by atoms with Crippen molar-refractivity contribution in [3.05, 3.63) is 23.2 Å². The minimum Gasteiger partial charge on any atom is -0.465 e. The number of halogens is 1. The molecule has 1 aromatic carbocycles. The molecule has 1 aromatic rings.